The lowest BCUT2D eigenvalue weighted by molar-refractivity contribution is -0.137. The number of benzene rings is 2. The van der Waals surface area contributed by atoms with E-state index in [2.05, 4.69) is 5.16 Å². The van der Waals surface area contributed by atoms with Crippen LogP contribution in [-0.4, -0.2) is 47.2 Å². The summed E-state index contributed by atoms with van der Waals surface area (Å²) in [5.74, 6) is -0.482. The molecule has 0 bridgehead atoms. The van der Waals surface area contributed by atoms with E-state index in [1.165, 1.54) is 13.0 Å². The minimum Gasteiger partial charge on any atom is -0.388 e. The van der Waals surface area contributed by atoms with Crippen LogP contribution in [0.5, 0.6) is 0 Å². The van der Waals surface area contributed by atoms with Gasteiger partial charge in [0.05, 0.1) is 17.2 Å². The maximum absolute atomic E-state index is 13.1. The van der Waals surface area contributed by atoms with Gasteiger partial charge in [0.25, 0.3) is 5.91 Å². The summed E-state index contributed by atoms with van der Waals surface area (Å²) in [6.45, 7) is 2.80. The van der Waals surface area contributed by atoms with Crippen molar-refractivity contribution in [3.05, 3.63) is 70.4 Å². The molecule has 1 saturated heterocycles. The Bertz CT molecular complexity index is 1140. The second-order valence-electron chi connectivity index (χ2n) is 7.78. The predicted molar refractivity (Wildman–Crippen MR) is 117 cm³/mol. The molecule has 1 fully saturated rings. The highest BCUT2D eigenvalue weighted by Crippen LogP contribution is 2.33. The molecule has 1 N–H and O–H groups in total. The van der Waals surface area contributed by atoms with Gasteiger partial charge in [-0.15, -0.1) is 0 Å². The Kier molecular flexibility index (Phi) is 6.36. The standard InChI is InChI=1S/C23H21ClF3N3O3/c1-14(31)19-20(15-5-7-17(24)8-6-15)28-33-21(19)22(32)30-11-9-29(10-12-30)18-4-2-3-16(13-18)23(25,26)27/h2-8,13-14,31H,9-12H2,1H3. The molecule has 174 valence electrons. The Morgan fingerprint density at radius 2 is 1.79 bits per heavy atom. The summed E-state index contributed by atoms with van der Waals surface area (Å²) in [5, 5.41) is 14.9. The SMILES string of the molecule is CC(O)c1c(-c2ccc(Cl)cc2)noc1C(=O)N1CCN(c2cccc(C(F)(F)F)c2)CC1. The molecule has 1 unspecified atom stereocenters. The predicted octanol–water partition coefficient (Wildman–Crippen LogP) is 5.03. The molecule has 0 saturated carbocycles. The number of nitrogens with zero attached hydrogens (tertiary/aromatic N) is 3. The zero-order chi connectivity index (χ0) is 23.8. The minimum absolute atomic E-state index is 0.0533. The quantitative estimate of drug-likeness (QED) is 0.568. The number of rotatable bonds is 4. The highest BCUT2D eigenvalue weighted by atomic mass is 35.5. The summed E-state index contributed by atoms with van der Waals surface area (Å²) in [6.07, 6.45) is -5.42. The third kappa shape index (κ3) is 4.84. The van der Waals surface area contributed by atoms with Crippen LogP contribution >= 0.6 is 11.6 Å². The summed E-state index contributed by atoms with van der Waals surface area (Å²) >= 11 is 5.93. The van der Waals surface area contributed by atoms with Gasteiger partial charge in [0.2, 0.25) is 5.76 Å². The van der Waals surface area contributed by atoms with Gasteiger partial charge in [0.15, 0.2) is 0 Å². The summed E-state index contributed by atoms with van der Waals surface area (Å²) in [4.78, 5) is 16.5. The maximum Gasteiger partial charge on any atom is 0.416 e. The number of carbonyl (C=O) groups is 1. The first-order valence-corrected chi connectivity index (χ1v) is 10.7. The van der Waals surface area contributed by atoms with Crippen molar-refractivity contribution in [2.75, 3.05) is 31.1 Å². The third-order valence-electron chi connectivity index (χ3n) is 5.56. The van der Waals surface area contributed by atoms with Crippen molar-refractivity contribution < 1.29 is 27.6 Å². The lowest BCUT2D eigenvalue weighted by Gasteiger charge is -2.36. The molecule has 1 aromatic heterocycles. The fraction of sp³-hybridized carbons (Fsp3) is 0.304. The highest BCUT2D eigenvalue weighted by molar-refractivity contribution is 6.30. The second kappa shape index (κ2) is 9.07. The lowest BCUT2D eigenvalue weighted by atomic mass is 10.0. The van der Waals surface area contributed by atoms with Gasteiger partial charge in [-0.1, -0.05) is 35.0 Å². The normalized spacial score (nSPS) is 15.6. The number of aliphatic hydroxyl groups is 1. The molecule has 1 atom stereocenters. The van der Waals surface area contributed by atoms with Gasteiger partial charge in [0.1, 0.15) is 5.69 Å². The topological polar surface area (TPSA) is 69.8 Å². The van der Waals surface area contributed by atoms with Crippen LogP contribution in [0.2, 0.25) is 5.02 Å². The lowest BCUT2D eigenvalue weighted by Crippen LogP contribution is -2.49. The summed E-state index contributed by atoms with van der Waals surface area (Å²) < 4.78 is 44.4. The van der Waals surface area contributed by atoms with E-state index < -0.39 is 23.8 Å². The van der Waals surface area contributed by atoms with E-state index in [0.29, 0.717) is 35.1 Å². The van der Waals surface area contributed by atoms with Gasteiger partial charge in [-0.05, 0) is 37.3 Å². The number of hydrogen-bond donors (Lipinski definition) is 1. The molecule has 0 radical (unpaired) electrons. The Morgan fingerprint density at radius 1 is 1.12 bits per heavy atom. The molecular weight excluding hydrogens is 459 g/mol. The first kappa shape index (κ1) is 23.1. The number of carbonyl (C=O) groups excluding carboxylic acids is 1. The molecule has 1 aliphatic rings. The number of alkyl halides is 3. The van der Waals surface area contributed by atoms with E-state index in [1.807, 2.05) is 0 Å². The third-order valence-corrected chi connectivity index (χ3v) is 5.82. The van der Waals surface area contributed by atoms with Crippen LogP contribution in [0.3, 0.4) is 0 Å². The largest absolute Gasteiger partial charge is 0.416 e. The average Bonchev–Trinajstić information content (AvgIpc) is 3.24. The van der Waals surface area contributed by atoms with Crippen LogP contribution in [0.1, 0.15) is 34.7 Å². The Balaban J connectivity index is 1.51. The van der Waals surface area contributed by atoms with Crippen molar-refractivity contribution in [3.63, 3.8) is 0 Å². The van der Waals surface area contributed by atoms with Crippen LogP contribution in [0.15, 0.2) is 53.1 Å². The Morgan fingerprint density at radius 3 is 2.39 bits per heavy atom. The van der Waals surface area contributed by atoms with E-state index in [4.69, 9.17) is 16.1 Å². The van der Waals surface area contributed by atoms with Crippen LogP contribution < -0.4 is 4.90 Å². The zero-order valence-corrected chi connectivity index (χ0v) is 18.4. The molecule has 10 heteroatoms. The smallest absolute Gasteiger partial charge is 0.388 e. The molecule has 1 amide bonds. The van der Waals surface area contributed by atoms with Crippen LogP contribution in [0.25, 0.3) is 11.3 Å². The molecule has 2 aromatic carbocycles. The molecule has 6 nitrogen and oxygen atoms in total. The van der Waals surface area contributed by atoms with Crippen LogP contribution in [0, 0.1) is 0 Å². The fourth-order valence-electron chi connectivity index (χ4n) is 3.85. The fourth-order valence-corrected chi connectivity index (χ4v) is 3.97. The molecule has 33 heavy (non-hydrogen) atoms. The molecule has 3 aromatic rings. The van der Waals surface area contributed by atoms with Crippen LogP contribution in [-0.2, 0) is 6.18 Å². The summed E-state index contributed by atoms with van der Waals surface area (Å²) in [5.41, 5.74) is 1.02. The molecule has 4 rings (SSSR count). The maximum atomic E-state index is 13.1. The van der Waals surface area contributed by atoms with Gasteiger partial charge in [0, 0.05) is 42.5 Å². The monoisotopic (exact) mass is 479 g/mol. The summed E-state index contributed by atoms with van der Waals surface area (Å²) in [7, 11) is 0. The van der Waals surface area contributed by atoms with E-state index in [9.17, 15) is 23.1 Å². The van der Waals surface area contributed by atoms with Crippen molar-refractivity contribution in [1.82, 2.24) is 10.1 Å². The van der Waals surface area contributed by atoms with Crippen molar-refractivity contribution in [2.24, 2.45) is 0 Å². The molecule has 2 heterocycles. The van der Waals surface area contributed by atoms with E-state index in [0.717, 1.165) is 12.1 Å². The van der Waals surface area contributed by atoms with Crippen molar-refractivity contribution in [1.29, 1.82) is 0 Å². The molecule has 1 aliphatic heterocycles. The van der Waals surface area contributed by atoms with Crippen molar-refractivity contribution >= 4 is 23.2 Å². The van der Waals surface area contributed by atoms with E-state index >= 15 is 0 Å². The molecule has 0 aliphatic carbocycles. The molecule has 0 spiro atoms. The molecular formula is C23H21ClF3N3O3. The number of anilines is 1. The number of aliphatic hydroxyl groups excluding tert-OH is 1. The van der Waals surface area contributed by atoms with Crippen LogP contribution in [0.4, 0.5) is 18.9 Å². The number of hydrogen-bond acceptors (Lipinski definition) is 5. The summed E-state index contributed by atoms with van der Waals surface area (Å²) in [6, 6.07) is 11.9. The van der Waals surface area contributed by atoms with Gasteiger partial charge in [-0.2, -0.15) is 13.2 Å². The first-order valence-electron chi connectivity index (χ1n) is 10.3. The zero-order valence-electron chi connectivity index (χ0n) is 17.6. The Labute approximate surface area is 193 Å². The number of amides is 1. The van der Waals surface area contributed by atoms with Gasteiger partial charge in [-0.3, -0.25) is 4.79 Å². The number of halogens is 4. The Hall–Kier alpha value is -3.04. The number of aromatic nitrogens is 1. The first-order chi connectivity index (χ1) is 15.6. The minimum atomic E-state index is -4.42. The second-order valence-corrected chi connectivity index (χ2v) is 8.22. The van der Waals surface area contributed by atoms with Gasteiger partial charge < -0.3 is 19.4 Å². The van der Waals surface area contributed by atoms with E-state index in [-0.39, 0.29) is 24.4 Å². The number of piperazine rings is 1. The van der Waals surface area contributed by atoms with Gasteiger partial charge in [-0.25, -0.2) is 0 Å². The highest BCUT2D eigenvalue weighted by Gasteiger charge is 2.33. The van der Waals surface area contributed by atoms with Crippen molar-refractivity contribution in [2.45, 2.75) is 19.2 Å². The average molecular weight is 480 g/mol. The van der Waals surface area contributed by atoms with E-state index in [1.54, 1.807) is 40.1 Å². The van der Waals surface area contributed by atoms with Crippen molar-refractivity contribution in [3.8, 4) is 11.3 Å². The van der Waals surface area contributed by atoms with Gasteiger partial charge >= 0.3 is 6.18 Å².